The fourth-order valence-electron chi connectivity index (χ4n) is 3.83. The maximum absolute atomic E-state index is 13.3. The lowest BCUT2D eigenvalue weighted by Gasteiger charge is -2.36. The summed E-state index contributed by atoms with van der Waals surface area (Å²) in [5.74, 6) is 1.64. The van der Waals surface area contributed by atoms with E-state index in [4.69, 9.17) is 4.42 Å². The quantitative estimate of drug-likeness (QED) is 0.738. The van der Waals surface area contributed by atoms with Crippen LogP contribution in [0, 0.1) is 18.2 Å². The van der Waals surface area contributed by atoms with Gasteiger partial charge in [0.25, 0.3) is 0 Å². The van der Waals surface area contributed by atoms with Crippen molar-refractivity contribution in [3.8, 4) is 5.69 Å². The minimum absolute atomic E-state index is 0.154. The van der Waals surface area contributed by atoms with Gasteiger partial charge in [-0.15, -0.1) is 0 Å². The van der Waals surface area contributed by atoms with Gasteiger partial charge in [0.05, 0.1) is 18.4 Å². The Morgan fingerprint density at radius 2 is 2.00 bits per heavy atom. The van der Waals surface area contributed by atoms with Gasteiger partial charge in [0, 0.05) is 17.3 Å². The molecule has 1 aliphatic carbocycles. The molecule has 2 heterocycles. The number of halogens is 1. The molecule has 0 radical (unpaired) electrons. The number of aryl methyl sites for hydroxylation is 1. The lowest BCUT2D eigenvalue weighted by Crippen LogP contribution is -2.33. The molecule has 4 nitrogen and oxygen atoms in total. The highest BCUT2D eigenvalue weighted by molar-refractivity contribution is 5.38. The van der Waals surface area contributed by atoms with Crippen molar-refractivity contribution >= 4 is 0 Å². The zero-order valence-corrected chi connectivity index (χ0v) is 15.4. The van der Waals surface area contributed by atoms with Crippen molar-refractivity contribution in [2.45, 2.75) is 46.2 Å². The highest BCUT2D eigenvalue weighted by Crippen LogP contribution is 2.41. The second kappa shape index (κ2) is 6.40. The summed E-state index contributed by atoms with van der Waals surface area (Å²) in [7, 11) is 0. The van der Waals surface area contributed by atoms with Crippen LogP contribution in [0.15, 0.2) is 47.0 Å². The van der Waals surface area contributed by atoms with Crippen LogP contribution in [0.3, 0.4) is 0 Å². The summed E-state index contributed by atoms with van der Waals surface area (Å²) in [4.78, 5) is 0. The minimum Gasteiger partial charge on any atom is -0.465 e. The van der Waals surface area contributed by atoms with Gasteiger partial charge in [0.2, 0.25) is 0 Å². The average molecular weight is 353 g/mol. The van der Waals surface area contributed by atoms with E-state index in [9.17, 15) is 4.39 Å². The third kappa shape index (κ3) is 3.31. The Labute approximate surface area is 153 Å². The van der Waals surface area contributed by atoms with Crippen molar-refractivity contribution in [3.63, 3.8) is 0 Å². The number of aromatic nitrogens is 2. The maximum Gasteiger partial charge on any atom is 0.123 e. The summed E-state index contributed by atoms with van der Waals surface area (Å²) in [6, 6.07) is 10.7. The van der Waals surface area contributed by atoms with Gasteiger partial charge in [-0.25, -0.2) is 9.07 Å². The van der Waals surface area contributed by atoms with Gasteiger partial charge < -0.3 is 9.73 Å². The monoisotopic (exact) mass is 353 g/mol. The first-order chi connectivity index (χ1) is 12.4. The highest BCUT2D eigenvalue weighted by Gasteiger charge is 2.35. The molecule has 0 spiro atoms. The summed E-state index contributed by atoms with van der Waals surface area (Å²) in [5, 5.41) is 8.23. The predicted octanol–water partition coefficient (Wildman–Crippen LogP) is 4.72. The molecule has 1 atom stereocenters. The number of fused-ring (bicyclic) bond motifs is 1. The Morgan fingerprint density at radius 3 is 2.69 bits per heavy atom. The molecule has 3 aromatic rings. The topological polar surface area (TPSA) is 43.0 Å². The number of hydrogen-bond acceptors (Lipinski definition) is 3. The number of benzene rings is 1. The van der Waals surface area contributed by atoms with E-state index >= 15 is 0 Å². The Kier molecular flexibility index (Phi) is 4.19. The SMILES string of the molecule is Cc1ccc(CN[C@@H]2CC(C)(C)Cc3c2cnn3-c2ccc(F)cc2)o1. The van der Waals surface area contributed by atoms with E-state index in [0.29, 0.717) is 6.54 Å². The standard InChI is InChI=1S/C21H24FN3O/c1-14-4-9-17(26-14)12-23-19-10-21(2,3)11-20-18(19)13-24-25(20)16-7-5-15(22)6-8-16/h4-9,13,19,23H,10-12H2,1-3H3/t19-/m1/s1. The summed E-state index contributed by atoms with van der Waals surface area (Å²) < 4.78 is 20.9. The third-order valence-corrected chi connectivity index (χ3v) is 5.07. The van der Waals surface area contributed by atoms with Crippen LogP contribution in [0.4, 0.5) is 4.39 Å². The summed E-state index contributed by atoms with van der Waals surface area (Å²) in [6.07, 6.45) is 3.92. The van der Waals surface area contributed by atoms with Crippen LogP contribution in [0.1, 0.15) is 49.1 Å². The van der Waals surface area contributed by atoms with Crippen molar-refractivity contribution in [2.24, 2.45) is 5.41 Å². The van der Waals surface area contributed by atoms with E-state index in [-0.39, 0.29) is 17.3 Å². The maximum atomic E-state index is 13.3. The number of hydrogen-bond donors (Lipinski definition) is 1. The molecule has 1 aliphatic rings. The summed E-state index contributed by atoms with van der Waals surface area (Å²) >= 11 is 0. The fourth-order valence-corrected chi connectivity index (χ4v) is 3.83. The van der Waals surface area contributed by atoms with Crippen LogP contribution in [0.25, 0.3) is 5.69 Å². The zero-order valence-electron chi connectivity index (χ0n) is 15.4. The van der Waals surface area contributed by atoms with Crippen LogP contribution >= 0.6 is 0 Å². The molecule has 2 aromatic heterocycles. The first-order valence-corrected chi connectivity index (χ1v) is 9.03. The fraction of sp³-hybridized carbons (Fsp3) is 0.381. The van der Waals surface area contributed by atoms with E-state index < -0.39 is 0 Å². The normalized spacial score (nSPS) is 18.7. The molecule has 1 aromatic carbocycles. The second-order valence-corrected chi connectivity index (χ2v) is 7.93. The molecule has 4 rings (SSSR count). The first kappa shape index (κ1) is 17.0. The molecule has 5 heteroatoms. The van der Waals surface area contributed by atoms with Crippen LogP contribution in [-0.4, -0.2) is 9.78 Å². The van der Waals surface area contributed by atoms with Gasteiger partial charge in [-0.2, -0.15) is 5.10 Å². The molecular formula is C21H24FN3O. The lowest BCUT2D eigenvalue weighted by molar-refractivity contribution is 0.249. The van der Waals surface area contributed by atoms with Gasteiger partial charge in [-0.1, -0.05) is 13.8 Å². The van der Waals surface area contributed by atoms with Crippen molar-refractivity contribution in [2.75, 3.05) is 0 Å². The van der Waals surface area contributed by atoms with E-state index in [2.05, 4.69) is 24.3 Å². The van der Waals surface area contributed by atoms with Crippen LogP contribution in [0.5, 0.6) is 0 Å². The van der Waals surface area contributed by atoms with Gasteiger partial charge in [0.15, 0.2) is 0 Å². The largest absolute Gasteiger partial charge is 0.465 e. The van der Waals surface area contributed by atoms with E-state index in [1.165, 1.54) is 23.4 Å². The molecule has 136 valence electrons. The van der Waals surface area contributed by atoms with E-state index in [0.717, 1.165) is 30.0 Å². The van der Waals surface area contributed by atoms with Crippen LogP contribution < -0.4 is 5.32 Å². The molecule has 0 amide bonds. The first-order valence-electron chi connectivity index (χ1n) is 9.03. The minimum atomic E-state index is -0.233. The van der Waals surface area contributed by atoms with Gasteiger partial charge >= 0.3 is 0 Å². The molecule has 0 saturated heterocycles. The molecule has 0 unspecified atom stereocenters. The van der Waals surface area contributed by atoms with Crippen LogP contribution in [0.2, 0.25) is 0 Å². The van der Waals surface area contributed by atoms with Gasteiger partial charge in [-0.3, -0.25) is 0 Å². The van der Waals surface area contributed by atoms with Gasteiger partial charge in [0.1, 0.15) is 17.3 Å². The van der Waals surface area contributed by atoms with E-state index in [1.54, 1.807) is 12.1 Å². The highest BCUT2D eigenvalue weighted by atomic mass is 19.1. The molecular weight excluding hydrogens is 329 g/mol. The number of rotatable bonds is 4. The molecule has 1 N–H and O–H groups in total. The second-order valence-electron chi connectivity index (χ2n) is 7.93. The molecule has 26 heavy (non-hydrogen) atoms. The molecule has 0 aliphatic heterocycles. The number of nitrogens with zero attached hydrogens (tertiary/aromatic N) is 2. The van der Waals surface area contributed by atoms with Crippen molar-refractivity contribution < 1.29 is 8.81 Å². The predicted molar refractivity (Wildman–Crippen MR) is 98.6 cm³/mol. The van der Waals surface area contributed by atoms with Crippen molar-refractivity contribution in [1.29, 1.82) is 0 Å². The third-order valence-electron chi connectivity index (χ3n) is 5.07. The summed E-state index contributed by atoms with van der Waals surface area (Å²) in [5.41, 5.74) is 3.46. The zero-order chi connectivity index (χ0) is 18.3. The van der Waals surface area contributed by atoms with Crippen LogP contribution in [-0.2, 0) is 13.0 Å². The van der Waals surface area contributed by atoms with E-state index in [1.807, 2.05) is 29.9 Å². The molecule has 0 bridgehead atoms. The number of furan rings is 1. The molecule has 0 saturated carbocycles. The molecule has 0 fully saturated rings. The summed E-state index contributed by atoms with van der Waals surface area (Å²) in [6.45, 7) is 7.21. The Bertz CT molecular complexity index is 908. The Balaban J connectivity index is 1.63. The van der Waals surface area contributed by atoms with Crippen molar-refractivity contribution in [3.05, 3.63) is 71.2 Å². The van der Waals surface area contributed by atoms with Gasteiger partial charge in [-0.05, 0) is 61.6 Å². The lowest BCUT2D eigenvalue weighted by atomic mass is 9.74. The Morgan fingerprint density at radius 1 is 1.23 bits per heavy atom. The van der Waals surface area contributed by atoms with Crippen molar-refractivity contribution in [1.82, 2.24) is 15.1 Å². The smallest absolute Gasteiger partial charge is 0.123 e. The Hall–Kier alpha value is -2.40. The number of nitrogens with one attached hydrogen (secondary N) is 1. The average Bonchev–Trinajstić information content (AvgIpc) is 3.19.